The van der Waals surface area contributed by atoms with Crippen molar-refractivity contribution >= 4 is 15.8 Å². The molecule has 0 aliphatic carbocycles. The molecule has 0 aliphatic heterocycles. The Bertz CT molecular complexity index is 400. The predicted molar refractivity (Wildman–Crippen MR) is 52.2 cm³/mol. The second-order valence-corrected chi connectivity index (χ2v) is 4.94. The van der Waals surface area contributed by atoms with Gasteiger partial charge >= 0.3 is 0 Å². The van der Waals surface area contributed by atoms with E-state index in [0.717, 1.165) is 16.1 Å². The van der Waals surface area contributed by atoms with Crippen LogP contribution in [0, 0.1) is 6.92 Å². The van der Waals surface area contributed by atoms with Gasteiger partial charge in [0, 0.05) is 13.2 Å². The van der Waals surface area contributed by atoms with Gasteiger partial charge in [-0.15, -0.1) is 0 Å². The van der Waals surface area contributed by atoms with Gasteiger partial charge in [-0.1, -0.05) is 0 Å². The van der Waals surface area contributed by atoms with E-state index in [9.17, 15) is 8.42 Å². The number of hydrogen-bond acceptors (Lipinski definition) is 3. The Balaban J connectivity index is 3.10. The van der Waals surface area contributed by atoms with Crippen molar-refractivity contribution in [3.63, 3.8) is 0 Å². The summed E-state index contributed by atoms with van der Waals surface area (Å²) in [5.74, 6) is 0.447. The maximum absolute atomic E-state index is 11.1. The second kappa shape index (κ2) is 3.33. The van der Waals surface area contributed by atoms with E-state index in [2.05, 4.69) is 4.98 Å². The van der Waals surface area contributed by atoms with Crippen LogP contribution in [0.25, 0.3) is 0 Å². The fourth-order valence-electron chi connectivity index (χ4n) is 0.862. The first-order valence-corrected chi connectivity index (χ1v) is 5.62. The van der Waals surface area contributed by atoms with Crippen molar-refractivity contribution in [2.75, 3.05) is 17.6 Å². The Hall–Kier alpha value is -1.10. The number of aryl methyl sites for hydroxylation is 1. The van der Waals surface area contributed by atoms with Gasteiger partial charge in [0.1, 0.15) is 5.82 Å². The largest absolute Gasteiger partial charge is 0.257 e. The van der Waals surface area contributed by atoms with Gasteiger partial charge in [-0.3, -0.25) is 4.31 Å². The molecule has 0 bridgehead atoms. The zero-order chi connectivity index (χ0) is 10.1. The third-order valence-corrected chi connectivity index (χ3v) is 2.90. The Morgan fingerprint density at radius 2 is 2.08 bits per heavy atom. The molecule has 5 heteroatoms. The smallest absolute Gasteiger partial charge is 0.233 e. The minimum atomic E-state index is -3.20. The normalized spacial score (nSPS) is 11.3. The first-order valence-electron chi connectivity index (χ1n) is 3.78. The summed E-state index contributed by atoms with van der Waals surface area (Å²) in [7, 11) is -1.72. The average molecular weight is 200 g/mol. The highest BCUT2D eigenvalue weighted by Gasteiger charge is 2.12. The quantitative estimate of drug-likeness (QED) is 0.709. The highest BCUT2D eigenvalue weighted by Crippen LogP contribution is 2.12. The third-order valence-electron chi connectivity index (χ3n) is 1.72. The number of rotatable bonds is 2. The maximum Gasteiger partial charge on any atom is 0.233 e. The molecular weight excluding hydrogens is 188 g/mol. The van der Waals surface area contributed by atoms with Crippen LogP contribution in [0.1, 0.15) is 5.56 Å². The Kier molecular flexibility index (Phi) is 2.56. The van der Waals surface area contributed by atoms with Crippen molar-refractivity contribution in [2.45, 2.75) is 6.92 Å². The van der Waals surface area contributed by atoms with Crippen LogP contribution in [0.2, 0.25) is 0 Å². The van der Waals surface area contributed by atoms with Gasteiger partial charge in [0.15, 0.2) is 0 Å². The van der Waals surface area contributed by atoms with Crippen molar-refractivity contribution < 1.29 is 8.42 Å². The van der Waals surface area contributed by atoms with Crippen molar-refractivity contribution in [3.05, 3.63) is 23.9 Å². The van der Waals surface area contributed by atoms with Crippen LogP contribution < -0.4 is 4.31 Å². The topological polar surface area (TPSA) is 50.3 Å². The van der Waals surface area contributed by atoms with E-state index < -0.39 is 10.0 Å². The molecule has 0 amide bonds. The molecule has 0 aromatic carbocycles. The summed E-state index contributed by atoms with van der Waals surface area (Å²) in [4.78, 5) is 3.95. The Morgan fingerprint density at radius 1 is 1.46 bits per heavy atom. The summed E-state index contributed by atoms with van der Waals surface area (Å²) in [5.41, 5.74) is 0.987. The molecule has 0 radical (unpaired) electrons. The van der Waals surface area contributed by atoms with Crippen LogP contribution in [0.15, 0.2) is 18.3 Å². The van der Waals surface area contributed by atoms with Crippen molar-refractivity contribution in [2.24, 2.45) is 0 Å². The van der Waals surface area contributed by atoms with E-state index in [1.165, 1.54) is 7.05 Å². The van der Waals surface area contributed by atoms with Crippen LogP contribution in [-0.4, -0.2) is 26.7 Å². The molecular formula is C8H12N2O2S. The third kappa shape index (κ3) is 2.42. The highest BCUT2D eigenvalue weighted by molar-refractivity contribution is 7.92. The molecule has 4 nitrogen and oxygen atoms in total. The van der Waals surface area contributed by atoms with Crippen LogP contribution in [0.5, 0.6) is 0 Å². The molecule has 0 aliphatic rings. The van der Waals surface area contributed by atoms with Crippen molar-refractivity contribution in [1.82, 2.24) is 4.98 Å². The molecule has 0 spiro atoms. The number of nitrogens with zero attached hydrogens (tertiary/aromatic N) is 2. The van der Waals surface area contributed by atoms with Crippen molar-refractivity contribution in [3.8, 4) is 0 Å². The zero-order valence-electron chi connectivity index (χ0n) is 7.85. The first kappa shape index (κ1) is 9.98. The first-order chi connectivity index (χ1) is 5.91. The summed E-state index contributed by atoms with van der Waals surface area (Å²) >= 11 is 0. The molecule has 13 heavy (non-hydrogen) atoms. The lowest BCUT2D eigenvalue weighted by molar-refractivity contribution is 0.600. The predicted octanol–water partition coefficient (Wildman–Crippen LogP) is 0.786. The molecule has 72 valence electrons. The number of pyridine rings is 1. The number of hydrogen-bond donors (Lipinski definition) is 0. The number of aromatic nitrogens is 1. The standard InChI is InChI=1S/C8H12N2O2S/c1-7-4-5-9-8(6-7)10(2)13(3,11)12/h4-6H,1-3H3. The van der Waals surface area contributed by atoms with Crippen LogP contribution in [0.3, 0.4) is 0 Å². The maximum atomic E-state index is 11.1. The van der Waals surface area contributed by atoms with Crippen LogP contribution in [0.4, 0.5) is 5.82 Å². The number of sulfonamides is 1. The summed E-state index contributed by atoms with van der Waals surface area (Å²) in [6, 6.07) is 3.54. The second-order valence-electron chi connectivity index (χ2n) is 2.92. The van der Waals surface area contributed by atoms with Gasteiger partial charge in [-0.2, -0.15) is 0 Å². The van der Waals surface area contributed by atoms with E-state index in [1.807, 2.05) is 13.0 Å². The fraction of sp³-hybridized carbons (Fsp3) is 0.375. The van der Waals surface area contributed by atoms with E-state index in [4.69, 9.17) is 0 Å². The van der Waals surface area contributed by atoms with E-state index in [1.54, 1.807) is 12.3 Å². The van der Waals surface area contributed by atoms with Crippen LogP contribution >= 0.6 is 0 Å². The monoisotopic (exact) mass is 200 g/mol. The lowest BCUT2D eigenvalue weighted by Crippen LogP contribution is -2.25. The molecule has 0 atom stereocenters. The molecule has 1 heterocycles. The molecule has 1 rings (SSSR count). The minimum absolute atomic E-state index is 0.447. The van der Waals surface area contributed by atoms with Gasteiger partial charge in [0.25, 0.3) is 0 Å². The summed E-state index contributed by atoms with van der Waals surface area (Å²) < 4.78 is 23.4. The summed E-state index contributed by atoms with van der Waals surface area (Å²) in [5, 5.41) is 0. The molecule has 0 fully saturated rings. The SMILES string of the molecule is Cc1ccnc(N(C)S(C)(=O)=O)c1. The molecule has 1 aromatic heterocycles. The van der Waals surface area contributed by atoms with Gasteiger partial charge in [-0.05, 0) is 24.6 Å². The Labute approximate surface area is 78.3 Å². The van der Waals surface area contributed by atoms with E-state index in [0.29, 0.717) is 5.82 Å². The lowest BCUT2D eigenvalue weighted by atomic mass is 10.3. The molecule has 1 aromatic rings. The van der Waals surface area contributed by atoms with Crippen molar-refractivity contribution in [1.29, 1.82) is 0 Å². The van der Waals surface area contributed by atoms with Gasteiger partial charge in [0.2, 0.25) is 10.0 Å². The summed E-state index contributed by atoms with van der Waals surface area (Å²) in [6.07, 6.45) is 2.74. The van der Waals surface area contributed by atoms with Gasteiger partial charge in [0.05, 0.1) is 6.26 Å². The summed E-state index contributed by atoms with van der Waals surface area (Å²) in [6.45, 7) is 1.89. The molecule has 0 saturated carbocycles. The molecule has 0 saturated heterocycles. The van der Waals surface area contributed by atoms with E-state index in [-0.39, 0.29) is 0 Å². The fourth-order valence-corrected chi connectivity index (χ4v) is 1.30. The minimum Gasteiger partial charge on any atom is -0.257 e. The zero-order valence-corrected chi connectivity index (χ0v) is 8.67. The number of anilines is 1. The molecule has 0 N–H and O–H groups in total. The van der Waals surface area contributed by atoms with E-state index >= 15 is 0 Å². The van der Waals surface area contributed by atoms with Gasteiger partial charge < -0.3 is 0 Å². The van der Waals surface area contributed by atoms with Crippen LogP contribution in [-0.2, 0) is 10.0 Å². The average Bonchev–Trinajstić information content (AvgIpc) is 2.01. The van der Waals surface area contributed by atoms with Gasteiger partial charge in [-0.25, -0.2) is 13.4 Å². The highest BCUT2D eigenvalue weighted by atomic mass is 32.2. The molecule has 0 unspecified atom stereocenters. The Morgan fingerprint density at radius 3 is 2.54 bits per heavy atom. The lowest BCUT2D eigenvalue weighted by Gasteiger charge is -2.15.